The summed E-state index contributed by atoms with van der Waals surface area (Å²) in [6.45, 7) is 2.02. The maximum atomic E-state index is 11.9. The highest BCUT2D eigenvalue weighted by Crippen LogP contribution is 2.16. The number of likely N-dealkylation sites (tertiary alicyclic amines) is 1. The smallest absolute Gasteiger partial charge is 0.243 e. The van der Waals surface area contributed by atoms with Crippen molar-refractivity contribution in [1.29, 1.82) is 0 Å². The zero-order chi connectivity index (χ0) is 17.6. The van der Waals surface area contributed by atoms with Crippen LogP contribution in [0.25, 0.3) is 11.4 Å². The van der Waals surface area contributed by atoms with Gasteiger partial charge in [-0.2, -0.15) is 4.80 Å². The van der Waals surface area contributed by atoms with Crippen LogP contribution in [-0.2, 0) is 16.1 Å². The SMILES string of the molecule is O=C(Cn1nnc(-c2ccc(Cl)cc2)n1)NCCCN1CCCC1=O. The number of hydrogen-bond acceptors (Lipinski definition) is 5. The average Bonchev–Trinajstić information content (AvgIpc) is 3.22. The summed E-state index contributed by atoms with van der Waals surface area (Å²) in [6, 6.07) is 7.08. The zero-order valence-electron chi connectivity index (χ0n) is 13.7. The molecule has 0 aliphatic carbocycles. The molecular formula is C16H19ClN6O2. The molecule has 1 aliphatic rings. The third-order valence-electron chi connectivity index (χ3n) is 3.94. The lowest BCUT2D eigenvalue weighted by molar-refractivity contribution is -0.127. The van der Waals surface area contributed by atoms with Gasteiger partial charge in [0.15, 0.2) is 0 Å². The van der Waals surface area contributed by atoms with Crippen molar-refractivity contribution in [2.24, 2.45) is 0 Å². The predicted octanol–water partition coefficient (Wildman–Crippen LogP) is 1.12. The van der Waals surface area contributed by atoms with E-state index < -0.39 is 0 Å². The number of carbonyl (C=O) groups is 2. The molecule has 0 bridgehead atoms. The monoisotopic (exact) mass is 362 g/mol. The molecule has 0 unspecified atom stereocenters. The van der Waals surface area contributed by atoms with Gasteiger partial charge in [0.05, 0.1) is 0 Å². The molecule has 8 nitrogen and oxygen atoms in total. The molecule has 3 rings (SSSR count). The van der Waals surface area contributed by atoms with Gasteiger partial charge in [0.25, 0.3) is 0 Å². The maximum Gasteiger partial charge on any atom is 0.243 e. The Morgan fingerprint density at radius 1 is 1.28 bits per heavy atom. The van der Waals surface area contributed by atoms with Crippen LogP contribution in [0.4, 0.5) is 0 Å². The average molecular weight is 363 g/mol. The molecule has 2 amide bonds. The number of hydrogen-bond donors (Lipinski definition) is 1. The van der Waals surface area contributed by atoms with Gasteiger partial charge in [0, 0.05) is 36.6 Å². The van der Waals surface area contributed by atoms with Gasteiger partial charge in [-0.25, -0.2) is 0 Å². The van der Waals surface area contributed by atoms with Gasteiger partial charge < -0.3 is 10.2 Å². The minimum atomic E-state index is -0.187. The third-order valence-corrected chi connectivity index (χ3v) is 4.19. The first-order chi connectivity index (χ1) is 12.1. The Balaban J connectivity index is 1.42. The van der Waals surface area contributed by atoms with E-state index in [-0.39, 0.29) is 18.4 Å². The molecule has 1 aromatic carbocycles. The van der Waals surface area contributed by atoms with Gasteiger partial charge in [-0.3, -0.25) is 9.59 Å². The van der Waals surface area contributed by atoms with Crippen molar-refractivity contribution in [2.45, 2.75) is 25.8 Å². The van der Waals surface area contributed by atoms with Crippen LogP contribution in [0.2, 0.25) is 5.02 Å². The molecule has 1 aromatic heterocycles. The number of halogens is 1. The molecule has 0 saturated carbocycles. The molecule has 2 heterocycles. The Kier molecular flexibility index (Phi) is 5.60. The Labute approximate surface area is 150 Å². The number of aromatic nitrogens is 4. The number of nitrogens with zero attached hydrogens (tertiary/aromatic N) is 5. The lowest BCUT2D eigenvalue weighted by Crippen LogP contribution is -2.32. The van der Waals surface area contributed by atoms with E-state index in [1.165, 1.54) is 4.80 Å². The van der Waals surface area contributed by atoms with Crippen LogP contribution >= 0.6 is 11.6 Å². The topological polar surface area (TPSA) is 93.0 Å². The van der Waals surface area contributed by atoms with Gasteiger partial charge in [0.1, 0.15) is 6.54 Å². The van der Waals surface area contributed by atoms with Crippen LogP contribution in [-0.4, -0.2) is 56.6 Å². The van der Waals surface area contributed by atoms with Crippen molar-refractivity contribution in [3.63, 3.8) is 0 Å². The molecule has 0 radical (unpaired) electrons. The quantitative estimate of drug-likeness (QED) is 0.745. The molecule has 1 aliphatic heterocycles. The maximum absolute atomic E-state index is 11.9. The molecular weight excluding hydrogens is 344 g/mol. The molecule has 1 saturated heterocycles. The number of tetrazole rings is 1. The highest BCUT2D eigenvalue weighted by molar-refractivity contribution is 6.30. The number of rotatable bonds is 7. The van der Waals surface area contributed by atoms with E-state index >= 15 is 0 Å². The van der Waals surface area contributed by atoms with E-state index in [1.807, 2.05) is 4.90 Å². The Hall–Kier alpha value is -2.48. The van der Waals surface area contributed by atoms with E-state index in [0.717, 1.165) is 24.9 Å². The number of benzene rings is 1. The van der Waals surface area contributed by atoms with E-state index in [1.54, 1.807) is 24.3 Å². The molecule has 0 atom stereocenters. The lowest BCUT2D eigenvalue weighted by atomic mass is 10.2. The predicted molar refractivity (Wildman–Crippen MR) is 91.7 cm³/mol. The molecule has 132 valence electrons. The van der Waals surface area contributed by atoms with Crippen LogP contribution in [0.15, 0.2) is 24.3 Å². The molecule has 1 N–H and O–H groups in total. The van der Waals surface area contributed by atoms with E-state index in [4.69, 9.17) is 11.6 Å². The fourth-order valence-corrected chi connectivity index (χ4v) is 2.77. The van der Waals surface area contributed by atoms with Crippen LogP contribution in [0.3, 0.4) is 0 Å². The summed E-state index contributed by atoms with van der Waals surface area (Å²) >= 11 is 5.85. The number of amides is 2. The van der Waals surface area contributed by atoms with Gasteiger partial charge in [-0.1, -0.05) is 11.6 Å². The first-order valence-corrected chi connectivity index (χ1v) is 8.58. The molecule has 0 spiro atoms. The van der Waals surface area contributed by atoms with Crippen LogP contribution in [0.1, 0.15) is 19.3 Å². The van der Waals surface area contributed by atoms with Crippen LogP contribution in [0, 0.1) is 0 Å². The first kappa shape index (κ1) is 17.3. The minimum Gasteiger partial charge on any atom is -0.354 e. The van der Waals surface area contributed by atoms with Crippen molar-refractivity contribution in [3.05, 3.63) is 29.3 Å². The minimum absolute atomic E-state index is 0.00321. The van der Waals surface area contributed by atoms with Crippen molar-refractivity contribution in [1.82, 2.24) is 30.4 Å². The Bertz CT molecular complexity index is 745. The standard InChI is InChI=1S/C16H19ClN6O2/c17-13-6-4-12(5-7-13)16-19-21-23(20-16)11-14(24)18-8-2-10-22-9-1-3-15(22)25/h4-7H,1-3,8-11H2,(H,18,24). The lowest BCUT2D eigenvalue weighted by Gasteiger charge is -2.15. The summed E-state index contributed by atoms with van der Waals surface area (Å²) in [7, 11) is 0. The largest absolute Gasteiger partial charge is 0.354 e. The Morgan fingerprint density at radius 3 is 2.80 bits per heavy atom. The van der Waals surface area contributed by atoms with E-state index in [2.05, 4.69) is 20.7 Å². The molecule has 25 heavy (non-hydrogen) atoms. The van der Waals surface area contributed by atoms with Gasteiger partial charge in [-0.15, -0.1) is 10.2 Å². The summed E-state index contributed by atoms with van der Waals surface area (Å²) in [4.78, 5) is 26.5. The van der Waals surface area contributed by atoms with Gasteiger partial charge in [-0.05, 0) is 42.3 Å². The second-order valence-corrected chi connectivity index (χ2v) is 6.27. The molecule has 9 heteroatoms. The Morgan fingerprint density at radius 2 is 2.08 bits per heavy atom. The fraction of sp³-hybridized carbons (Fsp3) is 0.438. The second-order valence-electron chi connectivity index (χ2n) is 5.84. The molecule has 1 fully saturated rings. The highest BCUT2D eigenvalue weighted by atomic mass is 35.5. The third kappa shape index (κ3) is 4.76. The van der Waals surface area contributed by atoms with Crippen LogP contribution in [0.5, 0.6) is 0 Å². The molecule has 2 aromatic rings. The van der Waals surface area contributed by atoms with E-state index in [9.17, 15) is 9.59 Å². The second kappa shape index (κ2) is 8.06. The normalized spacial score (nSPS) is 14.1. The summed E-state index contributed by atoms with van der Waals surface area (Å²) in [5.74, 6) is 0.456. The fourth-order valence-electron chi connectivity index (χ4n) is 2.65. The van der Waals surface area contributed by atoms with Crippen molar-refractivity contribution in [2.75, 3.05) is 19.6 Å². The highest BCUT2D eigenvalue weighted by Gasteiger charge is 2.19. The van der Waals surface area contributed by atoms with Gasteiger partial charge >= 0.3 is 0 Å². The van der Waals surface area contributed by atoms with Crippen molar-refractivity contribution >= 4 is 23.4 Å². The zero-order valence-corrected chi connectivity index (χ0v) is 14.4. The summed E-state index contributed by atoms with van der Waals surface area (Å²) in [5.41, 5.74) is 0.784. The van der Waals surface area contributed by atoms with E-state index in [0.29, 0.717) is 30.4 Å². The van der Waals surface area contributed by atoms with Gasteiger partial charge in [0.2, 0.25) is 17.6 Å². The van der Waals surface area contributed by atoms with Crippen LogP contribution < -0.4 is 5.32 Å². The van der Waals surface area contributed by atoms with Crippen molar-refractivity contribution < 1.29 is 9.59 Å². The summed E-state index contributed by atoms with van der Waals surface area (Å²) in [5, 5.41) is 15.4. The summed E-state index contributed by atoms with van der Waals surface area (Å²) < 4.78 is 0. The number of carbonyl (C=O) groups excluding carboxylic acids is 2. The number of nitrogens with one attached hydrogen (secondary N) is 1. The first-order valence-electron chi connectivity index (χ1n) is 8.20. The van der Waals surface area contributed by atoms with Crippen molar-refractivity contribution in [3.8, 4) is 11.4 Å². The summed E-state index contributed by atoms with van der Waals surface area (Å²) in [6.07, 6.45) is 2.30.